The zero-order valence-electron chi connectivity index (χ0n) is 6.23. The maximum atomic E-state index is 9.41. The van der Waals surface area contributed by atoms with E-state index >= 15 is 0 Å². The number of nitrogen functional groups attached to an aromatic ring is 1. The van der Waals surface area contributed by atoms with Crippen LogP contribution in [0.1, 0.15) is 0 Å². The van der Waals surface area contributed by atoms with Crippen molar-refractivity contribution in [3.8, 4) is 5.75 Å². The Kier molecular flexibility index (Phi) is 1.33. The molecule has 2 heterocycles. The molecule has 0 unspecified atom stereocenters. The molecule has 0 atom stereocenters. The summed E-state index contributed by atoms with van der Waals surface area (Å²) in [6.45, 7) is 0. The van der Waals surface area contributed by atoms with E-state index in [1.54, 1.807) is 18.5 Å². The van der Waals surface area contributed by atoms with Gasteiger partial charge in [0.2, 0.25) is 0 Å². The second kappa shape index (κ2) is 2.34. The van der Waals surface area contributed by atoms with Crippen molar-refractivity contribution >= 4 is 16.7 Å². The van der Waals surface area contributed by atoms with Crippen molar-refractivity contribution in [3.63, 3.8) is 0 Å². The number of anilines is 1. The predicted octanol–water partition coefficient (Wildman–Crippen LogP) is 0.918. The van der Waals surface area contributed by atoms with E-state index in [-0.39, 0.29) is 11.6 Å². The number of hydrogen-bond acceptors (Lipinski definition) is 4. The molecule has 0 amide bonds. The van der Waals surface area contributed by atoms with Crippen LogP contribution in [0.25, 0.3) is 10.9 Å². The summed E-state index contributed by atoms with van der Waals surface area (Å²) in [5.74, 6) is 0.0642. The summed E-state index contributed by atoms with van der Waals surface area (Å²) in [4.78, 5) is 7.77. The van der Waals surface area contributed by atoms with E-state index in [1.165, 1.54) is 0 Å². The quantitative estimate of drug-likeness (QED) is 0.602. The topological polar surface area (TPSA) is 72.0 Å². The molecule has 0 saturated carbocycles. The van der Waals surface area contributed by atoms with Crippen molar-refractivity contribution in [2.45, 2.75) is 0 Å². The molecule has 0 saturated heterocycles. The highest BCUT2D eigenvalue weighted by atomic mass is 16.3. The lowest BCUT2D eigenvalue weighted by atomic mass is 10.2. The smallest absolute Gasteiger partial charge is 0.184 e. The number of aromatic hydroxyl groups is 1. The molecule has 2 aromatic heterocycles. The van der Waals surface area contributed by atoms with E-state index < -0.39 is 0 Å². The zero-order valence-corrected chi connectivity index (χ0v) is 6.23. The summed E-state index contributed by atoms with van der Waals surface area (Å²) in [5.41, 5.74) is 5.88. The summed E-state index contributed by atoms with van der Waals surface area (Å²) >= 11 is 0. The molecule has 2 aromatic rings. The van der Waals surface area contributed by atoms with E-state index in [2.05, 4.69) is 9.97 Å². The lowest BCUT2D eigenvalue weighted by Gasteiger charge is -2.00. The van der Waals surface area contributed by atoms with Gasteiger partial charge in [-0.3, -0.25) is 4.98 Å². The summed E-state index contributed by atoms with van der Waals surface area (Å²) in [7, 11) is 0. The second-order valence-electron chi connectivity index (χ2n) is 2.43. The second-order valence-corrected chi connectivity index (χ2v) is 2.43. The molecular formula is C8H7N3O. The van der Waals surface area contributed by atoms with Gasteiger partial charge in [0.05, 0.1) is 0 Å². The standard InChI is InChI=1S/C8H7N3O/c9-8-7(12)6-5(4-11-8)2-1-3-10-6/h1-4,12H,(H2,9,11). The third-order valence-corrected chi connectivity index (χ3v) is 1.65. The van der Waals surface area contributed by atoms with E-state index in [4.69, 9.17) is 5.73 Å². The van der Waals surface area contributed by atoms with Crippen LogP contribution in [0.4, 0.5) is 5.82 Å². The molecule has 60 valence electrons. The normalized spacial score (nSPS) is 10.3. The molecule has 0 aliphatic rings. The summed E-state index contributed by atoms with van der Waals surface area (Å²) in [6, 6.07) is 3.59. The fourth-order valence-electron chi connectivity index (χ4n) is 1.04. The van der Waals surface area contributed by atoms with Crippen LogP contribution in [0.5, 0.6) is 5.75 Å². The van der Waals surface area contributed by atoms with Gasteiger partial charge in [-0.2, -0.15) is 0 Å². The van der Waals surface area contributed by atoms with Gasteiger partial charge in [0.25, 0.3) is 0 Å². The summed E-state index contributed by atoms with van der Waals surface area (Å²) in [6.07, 6.45) is 3.18. The van der Waals surface area contributed by atoms with Gasteiger partial charge in [0.15, 0.2) is 11.6 Å². The minimum atomic E-state index is -0.0481. The first-order chi connectivity index (χ1) is 5.79. The Morgan fingerprint density at radius 2 is 2.17 bits per heavy atom. The molecule has 3 N–H and O–H groups in total. The Morgan fingerprint density at radius 1 is 1.33 bits per heavy atom. The molecule has 12 heavy (non-hydrogen) atoms. The van der Waals surface area contributed by atoms with Crippen molar-refractivity contribution in [1.29, 1.82) is 0 Å². The van der Waals surface area contributed by atoms with Gasteiger partial charge >= 0.3 is 0 Å². The number of aromatic nitrogens is 2. The first-order valence-corrected chi connectivity index (χ1v) is 3.47. The molecule has 0 aromatic carbocycles. The fraction of sp³-hybridized carbons (Fsp3) is 0. The van der Waals surface area contributed by atoms with Gasteiger partial charge in [-0.25, -0.2) is 4.98 Å². The van der Waals surface area contributed by atoms with Crippen LogP contribution in [0, 0.1) is 0 Å². The third kappa shape index (κ3) is 0.852. The van der Waals surface area contributed by atoms with Crippen LogP contribution in [0.3, 0.4) is 0 Å². The number of hydrogen-bond donors (Lipinski definition) is 2. The Morgan fingerprint density at radius 3 is 3.00 bits per heavy atom. The third-order valence-electron chi connectivity index (χ3n) is 1.65. The Balaban J connectivity index is 2.91. The number of pyridine rings is 2. The molecule has 0 aliphatic carbocycles. The highest BCUT2D eigenvalue weighted by Gasteiger charge is 2.04. The van der Waals surface area contributed by atoms with E-state index in [9.17, 15) is 5.11 Å². The predicted molar refractivity (Wildman–Crippen MR) is 45.6 cm³/mol. The average molecular weight is 161 g/mol. The van der Waals surface area contributed by atoms with Gasteiger partial charge < -0.3 is 10.8 Å². The van der Waals surface area contributed by atoms with E-state index in [0.717, 1.165) is 5.39 Å². The van der Waals surface area contributed by atoms with Gasteiger partial charge in [0.1, 0.15) is 5.52 Å². The number of nitrogens with zero attached hydrogens (tertiary/aromatic N) is 2. The van der Waals surface area contributed by atoms with Gasteiger partial charge in [-0.1, -0.05) is 0 Å². The number of fused-ring (bicyclic) bond motifs is 1. The Hall–Kier alpha value is -1.84. The van der Waals surface area contributed by atoms with Gasteiger partial charge in [-0.15, -0.1) is 0 Å². The van der Waals surface area contributed by atoms with Crippen LogP contribution < -0.4 is 5.73 Å². The van der Waals surface area contributed by atoms with E-state index in [0.29, 0.717) is 5.52 Å². The molecular weight excluding hydrogens is 154 g/mol. The lowest BCUT2D eigenvalue weighted by molar-refractivity contribution is 0.481. The lowest BCUT2D eigenvalue weighted by Crippen LogP contribution is -1.91. The minimum absolute atomic E-state index is 0.0481. The Labute approximate surface area is 68.7 Å². The zero-order chi connectivity index (χ0) is 8.55. The monoisotopic (exact) mass is 161 g/mol. The molecule has 0 fully saturated rings. The van der Waals surface area contributed by atoms with Gasteiger partial charge in [-0.05, 0) is 12.1 Å². The SMILES string of the molecule is Nc1ncc2cccnc2c1O. The van der Waals surface area contributed by atoms with Crippen LogP contribution in [0.15, 0.2) is 24.5 Å². The molecule has 2 rings (SSSR count). The molecule has 0 spiro atoms. The molecule has 0 radical (unpaired) electrons. The van der Waals surface area contributed by atoms with Crippen molar-refractivity contribution in [2.24, 2.45) is 0 Å². The Bertz CT molecular complexity index is 428. The largest absolute Gasteiger partial charge is 0.503 e. The molecule has 0 aliphatic heterocycles. The van der Waals surface area contributed by atoms with Crippen molar-refractivity contribution in [3.05, 3.63) is 24.5 Å². The van der Waals surface area contributed by atoms with Crippen molar-refractivity contribution in [1.82, 2.24) is 9.97 Å². The summed E-state index contributed by atoms with van der Waals surface area (Å²) in [5, 5.41) is 10.2. The number of nitrogens with two attached hydrogens (primary N) is 1. The van der Waals surface area contributed by atoms with Crippen LogP contribution >= 0.6 is 0 Å². The van der Waals surface area contributed by atoms with Crippen molar-refractivity contribution in [2.75, 3.05) is 5.73 Å². The average Bonchev–Trinajstić information content (AvgIpc) is 2.12. The summed E-state index contributed by atoms with van der Waals surface area (Å²) < 4.78 is 0. The van der Waals surface area contributed by atoms with Crippen LogP contribution in [0.2, 0.25) is 0 Å². The van der Waals surface area contributed by atoms with E-state index in [1.807, 2.05) is 6.07 Å². The van der Waals surface area contributed by atoms with Crippen LogP contribution in [-0.4, -0.2) is 15.1 Å². The fourth-order valence-corrected chi connectivity index (χ4v) is 1.04. The van der Waals surface area contributed by atoms with Gasteiger partial charge in [0, 0.05) is 17.8 Å². The maximum absolute atomic E-state index is 9.41. The molecule has 4 heteroatoms. The highest BCUT2D eigenvalue weighted by molar-refractivity contribution is 5.86. The maximum Gasteiger partial charge on any atom is 0.184 e. The van der Waals surface area contributed by atoms with Crippen LogP contribution in [-0.2, 0) is 0 Å². The van der Waals surface area contributed by atoms with Crippen molar-refractivity contribution < 1.29 is 5.11 Å². The molecule has 4 nitrogen and oxygen atoms in total. The minimum Gasteiger partial charge on any atom is -0.503 e. The highest BCUT2D eigenvalue weighted by Crippen LogP contribution is 2.25. The number of rotatable bonds is 0. The first-order valence-electron chi connectivity index (χ1n) is 3.47. The molecule has 0 bridgehead atoms. The first kappa shape index (κ1) is 6.84.